The van der Waals surface area contributed by atoms with E-state index in [0.29, 0.717) is 5.92 Å². The van der Waals surface area contributed by atoms with Gasteiger partial charge < -0.3 is 0 Å². The van der Waals surface area contributed by atoms with E-state index in [9.17, 15) is 8.78 Å². The SMILES string of the molecule is CC(C)C[C@H]1CC[C@H]([Si]2(C)CCC(c3cc(F)c(Cl)c(F)c3)CC2)CC1. The van der Waals surface area contributed by atoms with Crippen LogP contribution in [0.5, 0.6) is 0 Å². The third-order valence-electron chi connectivity index (χ3n) is 7.24. The first kappa shape index (κ1) is 20.3. The van der Waals surface area contributed by atoms with Gasteiger partial charge in [0.2, 0.25) is 0 Å². The molecule has 1 aliphatic heterocycles. The maximum atomic E-state index is 13.8. The molecule has 0 unspecified atom stereocenters. The van der Waals surface area contributed by atoms with Crippen molar-refractivity contribution < 1.29 is 8.78 Å². The van der Waals surface area contributed by atoms with Crippen LogP contribution in [0.2, 0.25) is 29.2 Å². The van der Waals surface area contributed by atoms with Gasteiger partial charge >= 0.3 is 0 Å². The molecule has 0 bridgehead atoms. The molecule has 1 saturated heterocycles. The van der Waals surface area contributed by atoms with Gasteiger partial charge in [0.05, 0.1) is 8.07 Å². The number of halogens is 3. The summed E-state index contributed by atoms with van der Waals surface area (Å²) in [6, 6.07) is 5.53. The molecule has 3 rings (SSSR count). The third kappa shape index (κ3) is 4.52. The van der Waals surface area contributed by atoms with Crippen LogP contribution in [0, 0.1) is 23.5 Å². The van der Waals surface area contributed by atoms with Gasteiger partial charge in [0.1, 0.15) is 16.7 Å². The normalized spacial score (nSPS) is 32.8. The zero-order valence-electron chi connectivity index (χ0n) is 16.5. The lowest BCUT2D eigenvalue weighted by atomic mass is 9.83. The second kappa shape index (κ2) is 8.30. The number of rotatable bonds is 4. The molecular formula is C22H33ClF2Si. The minimum atomic E-state index is -1.23. The Kier molecular flexibility index (Phi) is 6.49. The second-order valence-corrected chi connectivity index (χ2v) is 15.1. The molecule has 1 aromatic rings. The van der Waals surface area contributed by atoms with Crippen molar-refractivity contribution in [2.24, 2.45) is 11.8 Å². The zero-order valence-corrected chi connectivity index (χ0v) is 18.2. The Bertz CT molecular complexity index is 592. The highest BCUT2D eigenvalue weighted by atomic mass is 35.5. The highest BCUT2D eigenvalue weighted by molar-refractivity contribution is 6.80. The Morgan fingerprint density at radius 3 is 2.04 bits per heavy atom. The molecule has 0 spiro atoms. The van der Waals surface area contributed by atoms with Crippen LogP contribution in [0.25, 0.3) is 0 Å². The first-order valence-corrected chi connectivity index (χ1v) is 13.8. The summed E-state index contributed by atoms with van der Waals surface area (Å²) in [4.78, 5) is 0. The lowest BCUT2D eigenvalue weighted by molar-refractivity contribution is 0.300. The van der Waals surface area contributed by atoms with Gasteiger partial charge in [-0.1, -0.05) is 69.8 Å². The molecule has 1 aliphatic carbocycles. The van der Waals surface area contributed by atoms with Gasteiger partial charge in [-0.25, -0.2) is 8.78 Å². The Balaban J connectivity index is 1.58. The molecule has 2 aliphatic rings. The average molecular weight is 399 g/mol. The van der Waals surface area contributed by atoms with E-state index in [2.05, 4.69) is 20.4 Å². The largest absolute Gasteiger partial charge is 0.205 e. The molecule has 4 heteroatoms. The smallest absolute Gasteiger partial charge is 0.145 e. The molecule has 0 radical (unpaired) electrons. The van der Waals surface area contributed by atoms with Crippen molar-refractivity contribution in [1.82, 2.24) is 0 Å². The van der Waals surface area contributed by atoms with Crippen LogP contribution in [0.1, 0.15) is 70.3 Å². The van der Waals surface area contributed by atoms with E-state index in [1.54, 1.807) is 0 Å². The molecule has 2 fully saturated rings. The predicted molar refractivity (Wildman–Crippen MR) is 110 cm³/mol. The first-order valence-electron chi connectivity index (χ1n) is 10.4. The summed E-state index contributed by atoms with van der Waals surface area (Å²) < 4.78 is 27.6. The maximum Gasteiger partial charge on any atom is 0.145 e. The summed E-state index contributed by atoms with van der Waals surface area (Å²) in [5, 5.41) is -0.373. The number of benzene rings is 1. The second-order valence-electron chi connectivity index (χ2n) is 9.57. The van der Waals surface area contributed by atoms with E-state index in [1.807, 2.05) is 0 Å². The predicted octanol–water partition coefficient (Wildman–Crippen LogP) is 8.18. The topological polar surface area (TPSA) is 0 Å². The molecule has 0 N–H and O–H groups in total. The van der Waals surface area contributed by atoms with Crippen molar-refractivity contribution in [3.8, 4) is 0 Å². The Hall–Kier alpha value is -0.413. The van der Waals surface area contributed by atoms with Crippen LogP contribution in [0.4, 0.5) is 8.78 Å². The lowest BCUT2D eigenvalue weighted by Gasteiger charge is -2.44. The standard InChI is InChI=1S/C22H33ClF2Si/c1-15(2)12-16-4-6-19(7-5-16)26(3)10-8-17(9-11-26)18-13-20(24)22(23)21(25)14-18/h13-17,19H,4-12H2,1-3H3/t16-,17?,19-,26?. The van der Waals surface area contributed by atoms with E-state index in [1.165, 1.54) is 56.3 Å². The van der Waals surface area contributed by atoms with Gasteiger partial charge in [0, 0.05) is 0 Å². The van der Waals surface area contributed by atoms with E-state index in [0.717, 1.165) is 35.8 Å². The molecule has 1 aromatic carbocycles. The van der Waals surface area contributed by atoms with Crippen molar-refractivity contribution in [3.05, 3.63) is 34.4 Å². The van der Waals surface area contributed by atoms with Crippen molar-refractivity contribution >= 4 is 19.7 Å². The van der Waals surface area contributed by atoms with Crippen molar-refractivity contribution in [2.45, 2.75) is 88.9 Å². The summed E-state index contributed by atoms with van der Waals surface area (Å²) in [5.74, 6) is 0.834. The van der Waals surface area contributed by atoms with E-state index < -0.39 is 19.7 Å². The number of hydrogen-bond acceptors (Lipinski definition) is 0. The van der Waals surface area contributed by atoms with Gasteiger partial charge in [0.15, 0.2) is 0 Å². The van der Waals surface area contributed by atoms with Gasteiger partial charge in [-0.15, -0.1) is 0 Å². The molecule has 0 aromatic heterocycles. The molecule has 146 valence electrons. The monoisotopic (exact) mass is 398 g/mol. The maximum absolute atomic E-state index is 13.8. The fraction of sp³-hybridized carbons (Fsp3) is 0.727. The van der Waals surface area contributed by atoms with Crippen LogP contribution in [0.3, 0.4) is 0 Å². The van der Waals surface area contributed by atoms with Crippen molar-refractivity contribution in [2.75, 3.05) is 0 Å². The van der Waals surface area contributed by atoms with Gasteiger partial charge in [-0.2, -0.15) is 0 Å². The van der Waals surface area contributed by atoms with E-state index in [-0.39, 0.29) is 5.02 Å². The lowest BCUT2D eigenvalue weighted by Crippen LogP contribution is -2.41. The van der Waals surface area contributed by atoms with Crippen LogP contribution in [-0.4, -0.2) is 8.07 Å². The fourth-order valence-corrected chi connectivity index (χ4v) is 10.5. The van der Waals surface area contributed by atoms with Crippen LogP contribution in [0.15, 0.2) is 12.1 Å². The molecule has 0 nitrogen and oxygen atoms in total. The Morgan fingerprint density at radius 2 is 1.54 bits per heavy atom. The molecular weight excluding hydrogens is 366 g/mol. The van der Waals surface area contributed by atoms with Crippen molar-refractivity contribution in [1.29, 1.82) is 0 Å². The summed E-state index contributed by atoms with van der Waals surface area (Å²) >= 11 is 5.64. The number of hydrogen-bond donors (Lipinski definition) is 0. The highest BCUT2D eigenvalue weighted by Crippen LogP contribution is 2.50. The summed E-state index contributed by atoms with van der Waals surface area (Å²) in [5.41, 5.74) is 1.77. The fourth-order valence-electron chi connectivity index (χ4n) is 5.59. The van der Waals surface area contributed by atoms with Gasteiger partial charge in [-0.3, -0.25) is 0 Å². The highest BCUT2D eigenvalue weighted by Gasteiger charge is 2.41. The Labute approximate surface area is 163 Å². The summed E-state index contributed by atoms with van der Waals surface area (Å²) in [6.45, 7) is 7.28. The van der Waals surface area contributed by atoms with Gasteiger partial charge in [-0.05, 0) is 60.3 Å². The molecule has 1 saturated carbocycles. The quantitative estimate of drug-likeness (QED) is 0.354. The average Bonchev–Trinajstić information content (AvgIpc) is 2.60. The van der Waals surface area contributed by atoms with Crippen LogP contribution < -0.4 is 0 Å². The molecule has 1 heterocycles. The molecule has 0 atom stereocenters. The van der Waals surface area contributed by atoms with Crippen LogP contribution in [-0.2, 0) is 0 Å². The molecule has 0 amide bonds. The zero-order chi connectivity index (χ0) is 18.9. The summed E-state index contributed by atoms with van der Waals surface area (Å²) in [7, 11) is -1.23. The minimum Gasteiger partial charge on any atom is -0.205 e. The third-order valence-corrected chi connectivity index (χ3v) is 13.0. The van der Waals surface area contributed by atoms with Gasteiger partial charge in [0.25, 0.3) is 0 Å². The van der Waals surface area contributed by atoms with Crippen LogP contribution >= 0.6 is 11.6 Å². The van der Waals surface area contributed by atoms with Crippen molar-refractivity contribution in [3.63, 3.8) is 0 Å². The van der Waals surface area contributed by atoms with E-state index >= 15 is 0 Å². The van der Waals surface area contributed by atoms with E-state index in [4.69, 9.17) is 11.6 Å². The molecule has 26 heavy (non-hydrogen) atoms. The minimum absolute atomic E-state index is 0.300. The first-order chi connectivity index (χ1) is 12.3. The summed E-state index contributed by atoms with van der Waals surface area (Å²) in [6.07, 6.45) is 9.26. The Morgan fingerprint density at radius 1 is 1.00 bits per heavy atom.